The first-order chi connectivity index (χ1) is 15.8. The van der Waals surface area contributed by atoms with Crippen LogP contribution in [-0.2, 0) is 0 Å². The Bertz CT molecular complexity index is 968. The van der Waals surface area contributed by atoms with Crippen LogP contribution in [0.2, 0.25) is 39.3 Å². The highest BCUT2D eigenvalue weighted by Crippen LogP contribution is 2.55. The first kappa shape index (κ1) is 25.2. The zero-order valence-corrected chi connectivity index (χ0v) is 24.5. The van der Waals surface area contributed by atoms with Gasteiger partial charge < -0.3 is 18.3 Å². The Morgan fingerprint density at radius 3 is 1.68 bits per heavy atom. The quantitative estimate of drug-likeness (QED) is 0.388. The predicted octanol–water partition coefficient (Wildman–Crippen LogP) is 8.34. The standard InChI is InChI=1S/C28H42O4Si2/c1-19(2)21-17-16-20(3)18-28(21)29-22-12-10-14-24(31-33(4,5)6)26(22)27-23(30-28)13-11-15-25(27)32-34(7,8)9/h10-15,19-21H,16-18H2,1-9H3/t20-,21-/m1/s1. The summed E-state index contributed by atoms with van der Waals surface area (Å²) in [5.74, 6) is 3.95. The number of hydrogen-bond acceptors (Lipinski definition) is 4. The minimum absolute atomic E-state index is 0.297. The van der Waals surface area contributed by atoms with Gasteiger partial charge in [-0.05, 0) is 88.2 Å². The van der Waals surface area contributed by atoms with Crippen LogP contribution in [0.25, 0.3) is 11.1 Å². The molecule has 0 radical (unpaired) electrons. The van der Waals surface area contributed by atoms with Crippen molar-refractivity contribution < 1.29 is 18.3 Å². The third-order valence-corrected chi connectivity index (χ3v) is 8.26. The molecule has 1 fully saturated rings. The van der Waals surface area contributed by atoms with Crippen molar-refractivity contribution in [2.24, 2.45) is 17.8 Å². The first-order valence-corrected chi connectivity index (χ1v) is 19.6. The van der Waals surface area contributed by atoms with E-state index < -0.39 is 22.4 Å². The molecule has 4 nitrogen and oxygen atoms in total. The molecule has 4 rings (SSSR count). The van der Waals surface area contributed by atoms with Crippen molar-refractivity contribution in [3.8, 4) is 34.1 Å². The van der Waals surface area contributed by atoms with Crippen LogP contribution in [0, 0.1) is 17.8 Å². The Hall–Kier alpha value is -1.93. The summed E-state index contributed by atoms with van der Waals surface area (Å²) in [4.78, 5) is 0. The molecule has 0 N–H and O–H groups in total. The molecular weight excluding hydrogens is 456 g/mol. The van der Waals surface area contributed by atoms with Crippen molar-refractivity contribution in [1.29, 1.82) is 0 Å². The highest BCUT2D eigenvalue weighted by atomic mass is 28.4. The van der Waals surface area contributed by atoms with Crippen molar-refractivity contribution >= 4 is 16.6 Å². The summed E-state index contributed by atoms with van der Waals surface area (Å²) in [6.45, 7) is 20.2. The molecular formula is C28H42O4Si2. The average Bonchev–Trinajstić information content (AvgIpc) is 2.80. The van der Waals surface area contributed by atoms with Gasteiger partial charge in [-0.15, -0.1) is 0 Å². The van der Waals surface area contributed by atoms with Gasteiger partial charge in [0.2, 0.25) is 16.6 Å². The van der Waals surface area contributed by atoms with Crippen LogP contribution >= 0.6 is 0 Å². The van der Waals surface area contributed by atoms with E-state index in [4.69, 9.17) is 18.3 Å². The van der Waals surface area contributed by atoms with Gasteiger partial charge in [0.25, 0.3) is 5.79 Å². The molecule has 2 aromatic rings. The van der Waals surface area contributed by atoms with E-state index in [1.165, 1.54) is 6.42 Å². The lowest BCUT2D eigenvalue weighted by molar-refractivity contribution is -0.194. The smallest absolute Gasteiger partial charge is 0.254 e. The fraction of sp³-hybridized carbons (Fsp3) is 0.571. The van der Waals surface area contributed by atoms with E-state index >= 15 is 0 Å². The molecule has 0 unspecified atom stereocenters. The Labute approximate surface area is 208 Å². The molecule has 0 bridgehead atoms. The van der Waals surface area contributed by atoms with Crippen LogP contribution in [0.1, 0.15) is 40.0 Å². The monoisotopic (exact) mass is 498 g/mol. The molecule has 1 saturated carbocycles. The second-order valence-electron chi connectivity index (χ2n) is 12.4. The summed E-state index contributed by atoms with van der Waals surface area (Å²) in [6.07, 6.45) is 3.17. The molecule has 2 aromatic carbocycles. The van der Waals surface area contributed by atoms with Gasteiger partial charge in [-0.3, -0.25) is 0 Å². The zero-order chi connectivity index (χ0) is 24.9. The second kappa shape index (κ2) is 8.94. The zero-order valence-electron chi connectivity index (χ0n) is 22.5. The molecule has 1 aliphatic heterocycles. The van der Waals surface area contributed by atoms with E-state index in [1.54, 1.807) is 0 Å². The van der Waals surface area contributed by atoms with Gasteiger partial charge in [0, 0.05) is 12.3 Å². The van der Waals surface area contributed by atoms with E-state index in [-0.39, 0.29) is 0 Å². The van der Waals surface area contributed by atoms with Gasteiger partial charge in [-0.2, -0.15) is 0 Å². The van der Waals surface area contributed by atoms with Crippen molar-refractivity contribution in [3.63, 3.8) is 0 Å². The molecule has 0 amide bonds. The summed E-state index contributed by atoms with van der Waals surface area (Å²) in [5, 5.41) is 0. The molecule has 34 heavy (non-hydrogen) atoms. The summed E-state index contributed by atoms with van der Waals surface area (Å²) < 4.78 is 27.3. The molecule has 2 atom stereocenters. The van der Waals surface area contributed by atoms with Crippen LogP contribution < -0.4 is 18.3 Å². The van der Waals surface area contributed by atoms with Gasteiger partial charge in [0.1, 0.15) is 23.0 Å². The van der Waals surface area contributed by atoms with Crippen molar-refractivity contribution in [3.05, 3.63) is 36.4 Å². The number of fused-ring (bicyclic) bond motifs is 3. The van der Waals surface area contributed by atoms with Crippen LogP contribution in [0.5, 0.6) is 23.0 Å². The fourth-order valence-electron chi connectivity index (χ4n) is 5.41. The third kappa shape index (κ3) is 5.18. The fourth-order valence-corrected chi connectivity index (χ4v) is 7.07. The maximum Gasteiger partial charge on any atom is 0.254 e. The van der Waals surface area contributed by atoms with Crippen LogP contribution in [0.4, 0.5) is 0 Å². The lowest BCUT2D eigenvalue weighted by Gasteiger charge is -2.46. The van der Waals surface area contributed by atoms with Gasteiger partial charge >= 0.3 is 0 Å². The summed E-state index contributed by atoms with van der Waals surface area (Å²) in [5.41, 5.74) is 1.93. The third-order valence-electron chi connectivity index (χ3n) is 6.60. The number of ether oxygens (including phenoxy) is 2. The SMILES string of the molecule is CC(C)[C@H]1CC[C@@H](C)CC12Oc1cccc(O[Si](C)(C)C)c1-c1c(cccc1O[Si](C)(C)C)O2. The molecule has 0 aromatic heterocycles. The highest BCUT2D eigenvalue weighted by molar-refractivity contribution is 6.71. The molecule has 186 valence electrons. The second-order valence-corrected chi connectivity index (χ2v) is 21.3. The molecule has 1 spiro atoms. The van der Waals surface area contributed by atoms with Gasteiger partial charge in [0.05, 0.1) is 11.1 Å². The van der Waals surface area contributed by atoms with Crippen molar-refractivity contribution in [2.75, 3.05) is 0 Å². The minimum atomic E-state index is -1.88. The van der Waals surface area contributed by atoms with E-state index in [0.717, 1.165) is 47.0 Å². The van der Waals surface area contributed by atoms with Crippen LogP contribution in [0.15, 0.2) is 36.4 Å². The molecule has 0 saturated heterocycles. The summed E-state index contributed by atoms with van der Waals surface area (Å²) >= 11 is 0. The molecule has 6 heteroatoms. The predicted molar refractivity (Wildman–Crippen MR) is 145 cm³/mol. The maximum atomic E-state index is 7.02. The first-order valence-electron chi connectivity index (χ1n) is 12.8. The van der Waals surface area contributed by atoms with Crippen molar-refractivity contribution in [2.45, 2.75) is 85.1 Å². The normalized spacial score (nSPS) is 21.7. The lowest BCUT2D eigenvalue weighted by atomic mass is 9.72. The number of hydrogen-bond donors (Lipinski definition) is 0. The lowest BCUT2D eigenvalue weighted by Crippen LogP contribution is -2.54. The topological polar surface area (TPSA) is 36.9 Å². The van der Waals surface area contributed by atoms with Gasteiger partial charge in [0.15, 0.2) is 0 Å². The number of benzene rings is 2. The molecule has 1 heterocycles. The summed E-state index contributed by atoms with van der Waals surface area (Å²) in [7, 11) is -3.76. The summed E-state index contributed by atoms with van der Waals surface area (Å²) in [6, 6.07) is 12.4. The average molecular weight is 499 g/mol. The largest absolute Gasteiger partial charge is 0.544 e. The van der Waals surface area contributed by atoms with Crippen molar-refractivity contribution in [1.82, 2.24) is 0 Å². The van der Waals surface area contributed by atoms with E-state index in [2.05, 4.69) is 84.3 Å². The van der Waals surface area contributed by atoms with E-state index in [1.807, 2.05) is 12.1 Å². The maximum absolute atomic E-state index is 7.02. The Morgan fingerprint density at radius 2 is 1.26 bits per heavy atom. The number of rotatable bonds is 5. The molecule has 1 aliphatic carbocycles. The van der Waals surface area contributed by atoms with Crippen LogP contribution in [-0.4, -0.2) is 22.4 Å². The Morgan fingerprint density at radius 1 is 0.794 bits per heavy atom. The Balaban J connectivity index is 1.99. The molecule has 2 aliphatic rings. The van der Waals surface area contributed by atoms with E-state index in [0.29, 0.717) is 17.8 Å². The highest BCUT2D eigenvalue weighted by Gasteiger charge is 2.51. The van der Waals surface area contributed by atoms with Gasteiger partial charge in [-0.25, -0.2) is 0 Å². The van der Waals surface area contributed by atoms with Gasteiger partial charge in [-0.1, -0.05) is 32.9 Å². The minimum Gasteiger partial charge on any atom is -0.544 e. The van der Waals surface area contributed by atoms with E-state index in [9.17, 15) is 0 Å². The van der Waals surface area contributed by atoms with Crippen LogP contribution in [0.3, 0.4) is 0 Å². The Kier molecular flexibility index (Phi) is 6.62.